The second-order valence-electron chi connectivity index (χ2n) is 2.21. The SMILES string of the molecule is COC(=O)c1[c]cc([SH](=O)=O)cc1. The van der Waals surface area contributed by atoms with Gasteiger partial charge in [0.2, 0.25) is 0 Å². The molecular weight excluding hydrogens is 192 g/mol. The lowest BCUT2D eigenvalue weighted by atomic mass is 10.2. The van der Waals surface area contributed by atoms with Crippen molar-refractivity contribution in [3.8, 4) is 0 Å². The third-order valence-corrected chi connectivity index (χ3v) is 2.11. The Morgan fingerprint density at radius 3 is 2.54 bits per heavy atom. The summed E-state index contributed by atoms with van der Waals surface area (Å²) in [5.74, 6) is -0.535. The number of thiol groups is 1. The van der Waals surface area contributed by atoms with E-state index in [9.17, 15) is 13.2 Å². The molecular formula is C8H7O4S. The summed E-state index contributed by atoms with van der Waals surface area (Å²) in [7, 11) is -1.37. The molecule has 0 unspecified atom stereocenters. The van der Waals surface area contributed by atoms with Crippen molar-refractivity contribution in [2.24, 2.45) is 0 Å². The molecule has 1 aromatic rings. The van der Waals surface area contributed by atoms with Crippen LogP contribution in [0.15, 0.2) is 23.1 Å². The van der Waals surface area contributed by atoms with E-state index in [0.717, 1.165) is 0 Å². The molecule has 0 aromatic heterocycles. The van der Waals surface area contributed by atoms with E-state index in [1.807, 2.05) is 0 Å². The molecule has 0 saturated carbocycles. The summed E-state index contributed by atoms with van der Waals surface area (Å²) in [5, 5.41) is 0. The van der Waals surface area contributed by atoms with E-state index in [0.29, 0.717) is 0 Å². The molecule has 4 nitrogen and oxygen atoms in total. The summed E-state index contributed by atoms with van der Waals surface area (Å²) < 4.78 is 25.3. The van der Waals surface area contributed by atoms with Crippen LogP contribution < -0.4 is 0 Å². The Morgan fingerprint density at radius 1 is 1.46 bits per heavy atom. The van der Waals surface area contributed by atoms with Gasteiger partial charge in [0.15, 0.2) is 10.7 Å². The van der Waals surface area contributed by atoms with E-state index in [-0.39, 0.29) is 10.5 Å². The van der Waals surface area contributed by atoms with Gasteiger partial charge in [0.25, 0.3) is 0 Å². The van der Waals surface area contributed by atoms with Gasteiger partial charge < -0.3 is 4.74 Å². The highest BCUT2D eigenvalue weighted by atomic mass is 32.2. The second kappa shape index (κ2) is 4.04. The minimum Gasteiger partial charge on any atom is -0.465 e. The van der Waals surface area contributed by atoms with Crippen molar-refractivity contribution < 1.29 is 17.9 Å². The summed E-state index contributed by atoms with van der Waals surface area (Å²) >= 11 is 0. The van der Waals surface area contributed by atoms with E-state index >= 15 is 0 Å². The van der Waals surface area contributed by atoms with E-state index < -0.39 is 16.7 Å². The average molecular weight is 199 g/mol. The molecule has 1 rings (SSSR count). The molecule has 0 heterocycles. The summed E-state index contributed by atoms with van der Waals surface area (Å²) in [5.41, 5.74) is 0.211. The molecule has 0 aliphatic heterocycles. The molecule has 0 aliphatic carbocycles. The number of ether oxygens (including phenoxy) is 1. The quantitative estimate of drug-likeness (QED) is 0.547. The van der Waals surface area contributed by atoms with Crippen molar-refractivity contribution in [3.05, 3.63) is 29.8 Å². The Hall–Kier alpha value is -1.36. The zero-order valence-corrected chi connectivity index (χ0v) is 7.71. The van der Waals surface area contributed by atoms with Crippen molar-refractivity contribution in [1.29, 1.82) is 0 Å². The molecule has 0 aliphatic rings. The van der Waals surface area contributed by atoms with Crippen LogP contribution in [0.2, 0.25) is 0 Å². The van der Waals surface area contributed by atoms with Crippen molar-refractivity contribution in [2.75, 3.05) is 7.11 Å². The van der Waals surface area contributed by atoms with Crippen LogP contribution in [-0.2, 0) is 15.4 Å². The van der Waals surface area contributed by atoms with Gasteiger partial charge in [-0.25, -0.2) is 13.2 Å². The van der Waals surface area contributed by atoms with E-state index in [1.165, 1.54) is 25.3 Å². The van der Waals surface area contributed by atoms with Gasteiger partial charge in [-0.05, 0) is 24.3 Å². The molecule has 0 N–H and O–H groups in total. The fourth-order valence-corrected chi connectivity index (χ4v) is 1.13. The van der Waals surface area contributed by atoms with Gasteiger partial charge in [-0.2, -0.15) is 0 Å². The monoisotopic (exact) mass is 199 g/mol. The number of carbonyl (C=O) groups is 1. The van der Waals surface area contributed by atoms with E-state index in [2.05, 4.69) is 10.8 Å². The van der Waals surface area contributed by atoms with Crippen LogP contribution in [-0.4, -0.2) is 21.5 Å². The first kappa shape index (κ1) is 9.73. The largest absolute Gasteiger partial charge is 0.465 e. The molecule has 0 atom stereocenters. The first-order chi connectivity index (χ1) is 6.15. The van der Waals surface area contributed by atoms with Gasteiger partial charge in [-0.3, -0.25) is 0 Å². The lowest BCUT2D eigenvalue weighted by molar-refractivity contribution is 0.0600. The number of methoxy groups -OCH3 is 1. The Balaban J connectivity index is 3.00. The van der Waals surface area contributed by atoms with Crippen LogP contribution in [0.1, 0.15) is 10.4 Å². The molecule has 0 saturated heterocycles. The number of hydrogen-bond donors (Lipinski definition) is 1. The van der Waals surface area contributed by atoms with Crippen molar-refractivity contribution >= 4 is 16.7 Å². The van der Waals surface area contributed by atoms with Crippen molar-refractivity contribution in [2.45, 2.75) is 4.90 Å². The molecule has 69 valence electrons. The van der Waals surface area contributed by atoms with Gasteiger partial charge in [0.05, 0.1) is 17.6 Å². The molecule has 5 heteroatoms. The third kappa shape index (κ3) is 2.29. The van der Waals surface area contributed by atoms with Gasteiger partial charge in [0, 0.05) is 0 Å². The van der Waals surface area contributed by atoms with E-state index in [4.69, 9.17) is 0 Å². The number of esters is 1. The Labute approximate surface area is 77.1 Å². The van der Waals surface area contributed by atoms with Crippen molar-refractivity contribution in [1.82, 2.24) is 0 Å². The number of carbonyl (C=O) groups excluding carboxylic acids is 1. The lowest BCUT2D eigenvalue weighted by Gasteiger charge is -1.97. The van der Waals surface area contributed by atoms with Crippen LogP contribution in [0.25, 0.3) is 0 Å². The van der Waals surface area contributed by atoms with Gasteiger partial charge >= 0.3 is 5.97 Å². The maximum atomic E-state index is 10.9. The molecule has 0 bridgehead atoms. The average Bonchev–Trinajstić information content (AvgIpc) is 2.17. The highest BCUT2D eigenvalue weighted by Gasteiger charge is 2.04. The molecule has 13 heavy (non-hydrogen) atoms. The summed E-state index contributed by atoms with van der Waals surface area (Å²) in [6.45, 7) is 0. The first-order valence-electron chi connectivity index (χ1n) is 3.39. The lowest BCUT2D eigenvalue weighted by Crippen LogP contribution is -2.00. The Kier molecular flexibility index (Phi) is 3.02. The molecule has 1 radical (unpaired) electrons. The van der Waals surface area contributed by atoms with Crippen LogP contribution >= 0.6 is 0 Å². The van der Waals surface area contributed by atoms with Crippen LogP contribution in [0.5, 0.6) is 0 Å². The predicted octanol–water partition coefficient (Wildman–Crippen LogP) is 0.244. The smallest absolute Gasteiger partial charge is 0.338 e. The molecule has 0 amide bonds. The van der Waals surface area contributed by atoms with Crippen LogP contribution in [0.3, 0.4) is 0 Å². The van der Waals surface area contributed by atoms with Crippen LogP contribution in [0.4, 0.5) is 0 Å². The highest BCUT2D eigenvalue weighted by Crippen LogP contribution is 2.05. The molecule has 0 fully saturated rings. The fourth-order valence-electron chi connectivity index (χ4n) is 0.767. The van der Waals surface area contributed by atoms with Crippen molar-refractivity contribution in [3.63, 3.8) is 0 Å². The first-order valence-corrected chi connectivity index (χ1v) is 4.57. The minimum atomic E-state index is -2.61. The second-order valence-corrected chi connectivity index (χ2v) is 3.24. The Morgan fingerprint density at radius 2 is 2.15 bits per heavy atom. The Bertz CT molecular complexity index is 370. The number of rotatable bonds is 2. The summed E-state index contributed by atoms with van der Waals surface area (Å²) in [4.78, 5) is 11.0. The number of hydrogen-bond acceptors (Lipinski definition) is 4. The predicted molar refractivity (Wildman–Crippen MR) is 45.2 cm³/mol. The standard InChI is InChI=1S/C8H7O4S/c1-12-8(9)6-2-4-7(5-3-6)13(10)11/h2,4-5,13H,1H3. The maximum Gasteiger partial charge on any atom is 0.338 e. The normalized spacial score (nSPS) is 10.0. The highest BCUT2D eigenvalue weighted by molar-refractivity contribution is 7.72. The van der Waals surface area contributed by atoms with Crippen LogP contribution in [0, 0.1) is 6.07 Å². The van der Waals surface area contributed by atoms with E-state index in [1.54, 1.807) is 0 Å². The fraction of sp³-hybridized carbons (Fsp3) is 0.125. The maximum absolute atomic E-state index is 10.9. The zero-order valence-electron chi connectivity index (χ0n) is 6.81. The third-order valence-electron chi connectivity index (χ3n) is 1.41. The van der Waals surface area contributed by atoms with Gasteiger partial charge in [-0.1, -0.05) is 0 Å². The minimum absolute atomic E-state index is 0.127. The molecule has 0 spiro atoms. The summed E-state index contributed by atoms with van der Waals surface area (Å²) in [6, 6.07) is 6.43. The topological polar surface area (TPSA) is 60.4 Å². The van der Waals surface area contributed by atoms with Gasteiger partial charge in [-0.15, -0.1) is 0 Å². The zero-order chi connectivity index (χ0) is 9.84. The van der Waals surface area contributed by atoms with Gasteiger partial charge in [0.1, 0.15) is 0 Å². The number of benzene rings is 1. The molecule has 1 aromatic carbocycles. The summed E-state index contributed by atoms with van der Waals surface area (Å²) in [6.07, 6.45) is 0.